The van der Waals surface area contributed by atoms with Crippen LogP contribution in [0, 0.1) is 11.8 Å². The summed E-state index contributed by atoms with van der Waals surface area (Å²) in [6, 6.07) is 0. The van der Waals surface area contributed by atoms with Gasteiger partial charge in [-0.25, -0.2) is 4.68 Å². The summed E-state index contributed by atoms with van der Waals surface area (Å²) < 4.78 is 18.0. The molecule has 1 rings (SSSR count). The first-order valence-corrected chi connectivity index (χ1v) is 10.3. The minimum atomic E-state index is -0.161. The lowest BCUT2D eigenvalue weighted by atomic mass is 10.0. The van der Waals surface area contributed by atoms with Crippen LogP contribution in [0.2, 0.25) is 0 Å². The number of ketones is 1. The number of Topliss-reactive ketones (excluding diaryl/α,β-unsaturated/α-hetero) is 1. The van der Waals surface area contributed by atoms with Crippen molar-refractivity contribution in [1.29, 1.82) is 0 Å². The zero-order chi connectivity index (χ0) is 21.5. The summed E-state index contributed by atoms with van der Waals surface area (Å²) in [5.74, 6) is 0.426. The quantitative estimate of drug-likeness (QED) is 0.388. The van der Waals surface area contributed by atoms with E-state index in [1.807, 2.05) is 13.8 Å². The molecule has 1 amide bonds. The lowest BCUT2D eigenvalue weighted by Gasteiger charge is -2.08. The first kappa shape index (κ1) is 25.2. The van der Waals surface area contributed by atoms with E-state index in [-0.39, 0.29) is 30.4 Å². The van der Waals surface area contributed by atoms with Gasteiger partial charge in [0.15, 0.2) is 0 Å². The normalized spacial score (nSPS) is 11.4. The molecule has 0 aliphatic rings. The maximum atomic E-state index is 11.8. The molecule has 0 radical (unpaired) electrons. The van der Waals surface area contributed by atoms with Gasteiger partial charge in [-0.05, 0) is 5.92 Å². The molecule has 0 aliphatic heterocycles. The van der Waals surface area contributed by atoms with Crippen molar-refractivity contribution >= 4 is 11.7 Å². The van der Waals surface area contributed by atoms with E-state index in [1.54, 1.807) is 10.9 Å². The van der Waals surface area contributed by atoms with Gasteiger partial charge in [-0.15, -0.1) is 5.10 Å². The second kappa shape index (κ2) is 15.1. The molecule has 1 heterocycles. The molecular formula is C20H36N4O5. The van der Waals surface area contributed by atoms with Crippen LogP contribution in [0.5, 0.6) is 0 Å². The van der Waals surface area contributed by atoms with Crippen molar-refractivity contribution in [2.45, 2.75) is 53.6 Å². The predicted molar refractivity (Wildman–Crippen MR) is 108 cm³/mol. The number of carbonyl (C=O) groups excluding carboxylic acids is 2. The number of rotatable bonds is 17. The number of carbonyl (C=O) groups is 2. The number of ether oxygens (including phenoxy) is 3. The van der Waals surface area contributed by atoms with E-state index in [0.717, 1.165) is 6.61 Å². The Labute approximate surface area is 173 Å². The van der Waals surface area contributed by atoms with Gasteiger partial charge in [0.1, 0.15) is 11.5 Å². The van der Waals surface area contributed by atoms with Gasteiger partial charge in [0, 0.05) is 25.4 Å². The molecule has 0 unspecified atom stereocenters. The van der Waals surface area contributed by atoms with Crippen LogP contribution in [0.4, 0.5) is 0 Å². The Kier molecular flexibility index (Phi) is 13.1. The minimum absolute atomic E-state index is 0.0415. The Balaban J connectivity index is 2.04. The molecule has 1 N–H and O–H groups in total. The third kappa shape index (κ3) is 13.1. The van der Waals surface area contributed by atoms with E-state index in [1.165, 1.54) is 0 Å². The molecule has 0 aliphatic carbocycles. The number of hydrogen-bond donors (Lipinski definition) is 1. The van der Waals surface area contributed by atoms with Crippen LogP contribution in [-0.4, -0.2) is 66.3 Å². The summed E-state index contributed by atoms with van der Waals surface area (Å²) in [6.07, 6.45) is 2.23. The maximum Gasteiger partial charge on any atom is 0.220 e. The van der Waals surface area contributed by atoms with Crippen molar-refractivity contribution in [3.05, 3.63) is 11.9 Å². The van der Waals surface area contributed by atoms with E-state index in [4.69, 9.17) is 14.2 Å². The molecule has 9 nitrogen and oxygen atoms in total. The van der Waals surface area contributed by atoms with Crippen molar-refractivity contribution in [3.63, 3.8) is 0 Å². The van der Waals surface area contributed by atoms with Crippen molar-refractivity contribution in [2.75, 3.05) is 39.6 Å². The van der Waals surface area contributed by atoms with Gasteiger partial charge < -0.3 is 19.5 Å². The average molecular weight is 413 g/mol. The summed E-state index contributed by atoms with van der Waals surface area (Å²) in [5, 5.41) is 10.8. The largest absolute Gasteiger partial charge is 0.379 e. The molecule has 1 aromatic rings. The average Bonchev–Trinajstić information content (AvgIpc) is 3.13. The van der Waals surface area contributed by atoms with E-state index in [2.05, 4.69) is 29.5 Å². The second-order valence-corrected chi connectivity index (χ2v) is 7.56. The van der Waals surface area contributed by atoms with Crippen molar-refractivity contribution < 1.29 is 23.8 Å². The van der Waals surface area contributed by atoms with Crippen LogP contribution in [0.25, 0.3) is 0 Å². The fraction of sp³-hybridized carbons (Fsp3) is 0.800. The highest BCUT2D eigenvalue weighted by Gasteiger charge is 2.10. The second-order valence-electron chi connectivity index (χ2n) is 7.56. The SMILES string of the molecule is CC(C)COCCOCCOCCn1cc(CNC(=O)CCC(=O)C(C)C)nn1. The van der Waals surface area contributed by atoms with Crippen LogP contribution < -0.4 is 5.32 Å². The van der Waals surface area contributed by atoms with Crippen LogP contribution in [0.3, 0.4) is 0 Å². The first-order valence-electron chi connectivity index (χ1n) is 10.3. The van der Waals surface area contributed by atoms with E-state index >= 15 is 0 Å². The van der Waals surface area contributed by atoms with Gasteiger partial charge in [0.05, 0.1) is 52.3 Å². The zero-order valence-electron chi connectivity index (χ0n) is 18.2. The van der Waals surface area contributed by atoms with Gasteiger partial charge in [0.2, 0.25) is 5.91 Å². The molecule has 0 spiro atoms. The number of nitrogens with one attached hydrogen (secondary N) is 1. The molecule has 0 bridgehead atoms. The zero-order valence-corrected chi connectivity index (χ0v) is 18.2. The van der Waals surface area contributed by atoms with Gasteiger partial charge in [-0.3, -0.25) is 9.59 Å². The summed E-state index contributed by atoms with van der Waals surface area (Å²) in [7, 11) is 0. The number of aromatic nitrogens is 3. The lowest BCUT2D eigenvalue weighted by molar-refractivity contribution is -0.126. The highest BCUT2D eigenvalue weighted by atomic mass is 16.5. The molecule has 29 heavy (non-hydrogen) atoms. The lowest BCUT2D eigenvalue weighted by Crippen LogP contribution is -2.24. The number of nitrogens with zero attached hydrogens (tertiary/aromatic N) is 3. The molecule has 0 atom stereocenters. The van der Waals surface area contributed by atoms with Crippen LogP contribution in [0.1, 0.15) is 46.2 Å². The Morgan fingerprint density at radius 1 is 1.00 bits per heavy atom. The summed E-state index contributed by atoms with van der Waals surface area (Å²) in [5.41, 5.74) is 0.665. The van der Waals surface area contributed by atoms with Gasteiger partial charge in [-0.1, -0.05) is 32.9 Å². The van der Waals surface area contributed by atoms with Gasteiger partial charge in [0.25, 0.3) is 0 Å². The molecule has 166 valence electrons. The molecule has 0 aromatic carbocycles. The van der Waals surface area contributed by atoms with Crippen LogP contribution in [-0.2, 0) is 36.9 Å². The third-order valence-corrected chi connectivity index (χ3v) is 3.96. The maximum absolute atomic E-state index is 11.8. The molecule has 9 heteroatoms. The summed E-state index contributed by atoms with van der Waals surface area (Å²) in [6.45, 7) is 12.2. The van der Waals surface area contributed by atoms with E-state index in [0.29, 0.717) is 57.7 Å². The molecule has 0 saturated heterocycles. The highest BCUT2D eigenvalue weighted by Crippen LogP contribution is 2.02. The van der Waals surface area contributed by atoms with Crippen LogP contribution >= 0.6 is 0 Å². The topological polar surface area (TPSA) is 105 Å². The smallest absolute Gasteiger partial charge is 0.220 e. The summed E-state index contributed by atoms with van der Waals surface area (Å²) >= 11 is 0. The van der Waals surface area contributed by atoms with E-state index < -0.39 is 0 Å². The fourth-order valence-corrected chi connectivity index (χ4v) is 2.25. The monoisotopic (exact) mass is 412 g/mol. The molecule has 0 fully saturated rings. The standard InChI is InChI=1S/C20H36N4O5/c1-16(2)15-29-12-11-28-10-9-27-8-7-24-14-18(22-23-24)13-21-20(26)6-5-19(25)17(3)4/h14,16-17H,5-13,15H2,1-4H3,(H,21,26). The van der Waals surface area contributed by atoms with Crippen molar-refractivity contribution in [1.82, 2.24) is 20.3 Å². The predicted octanol–water partition coefficient (Wildman–Crippen LogP) is 1.61. The van der Waals surface area contributed by atoms with Gasteiger partial charge >= 0.3 is 0 Å². The molecule has 1 aromatic heterocycles. The minimum Gasteiger partial charge on any atom is -0.379 e. The third-order valence-electron chi connectivity index (χ3n) is 3.96. The molecule has 0 saturated carbocycles. The van der Waals surface area contributed by atoms with Crippen molar-refractivity contribution in [2.24, 2.45) is 11.8 Å². The Bertz CT molecular complexity index is 589. The van der Waals surface area contributed by atoms with Gasteiger partial charge in [-0.2, -0.15) is 0 Å². The summed E-state index contributed by atoms with van der Waals surface area (Å²) in [4.78, 5) is 23.3. The first-order chi connectivity index (χ1) is 13.9. The van der Waals surface area contributed by atoms with Crippen molar-refractivity contribution in [3.8, 4) is 0 Å². The van der Waals surface area contributed by atoms with E-state index in [9.17, 15) is 9.59 Å². The number of hydrogen-bond acceptors (Lipinski definition) is 7. The van der Waals surface area contributed by atoms with Crippen LogP contribution in [0.15, 0.2) is 6.20 Å². The Morgan fingerprint density at radius 3 is 2.31 bits per heavy atom. The number of amides is 1. The Morgan fingerprint density at radius 2 is 1.66 bits per heavy atom. The highest BCUT2D eigenvalue weighted by molar-refractivity contribution is 5.85. The molecular weight excluding hydrogens is 376 g/mol. The fourth-order valence-electron chi connectivity index (χ4n) is 2.25. The Hall–Kier alpha value is -1.84.